The summed E-state index contributed by atoms with van der Waals surface area (Å²) in [6.45, 7) is 5.57. The van der Waals surface area contributed by atoms with Crippen LogP contribution in [-0.4, -0.2) is 18.5 Å². The molecule has 102 valence electrons. The number of benzene rings is 1. The van der Waals surface area contributed by atoms with Crippen LogP contribution in [0.4, 0.5) is 17.1 Å². The van der Waals surface area contributed by atoms with Gasteiger partial charge in [-0.05, 0) is 43.4 Å². The zero-order chi connectivity index (χ0) is 13.6. The summed E-state index contributed by atoms with van der Waals surface area (Å²) in [7, 11) is 0. The molecule has 1 aromatic rings. The summed E-state index contributed by atoms with van der Waals surface area (Å²) in [5, 5.41) is 2.91. The van der Waals surface area contributed by atoms with E-state index in [1.54, 1.807) is 0 Å². The molecule has 0 radical (unpaired) electrons. The van der Waals surface area contributed by atoms with Gasteiger partial charge in [0.25, 0.3) is 0 Å². The van der Waals surface area contributed by atoms with Crippen molar-refractivity contribution in [1.82, 2.24) is 0 Å². The fourth-order valence-corrected chi connectivity index (χ4v) is 3.16. The topological polar surface area (TPSA) is 58.4 Å². The monoisotopic (exact) mass is 259 g/mol. The zero-order valence-electron chi connectivity index (χ0n) is 11.6. The Morgan fingerprint density at radius 1 is 1.32 bits per heavy atom. The molecule has 1 fully saturated rings. The lowest BCUT2D eigenvalue weighted by atomic mass is 9.94. The molecule has 1 saturated heterocycles. The summed E-state index contributed by atoms with van der Waals surface area (Å²) in [4.78, 5) is 13.8. The number of hydrogen-bond acceptors (Lipinski definition) is 3. The van der Waals surface area contributed by atoms with Crippen molar-refractivity contribution >= 4 is 23.0 Å². The van der Waals surface area contributed by atoms with E-state index in [9.17, 15) is 4.79 Å². The summed E-state index contributed by atoms with van der Waals surface area (Å²) >= 11 is 0. The fourth-order valence-electron chi connectivity index (χ4n) is 3.16. The molecular weight excluding hydrogens is 238 g/mol. The van der Waals surface area contributed by atoms with E-state index in [4.69, 9.17) is 5.73 Å². The highest BCUT2D eigenvalue weighted by molar-refractivity contribution is 6.01. The van der Waals surface area contributed by atoms with Crippen LogP contribution in [0.3, 0.4) is 0 Å². The molecule has 0 aromatic heterocycles. The standard InChI is InChI=1S/C15H21N3O/c1-9-3-4-10(2)18(8-9)14-7-13-11(5-12(14)16)6-15(19)17-13/h5,7,9-10H,3-4,6,8,16H2,1-2H3,(H,17,19). The summed E-state index contributed by atoms with van der Waals surface area (Å²) in [5.41, 5.74) is 10.0. The minimum atomic E-state index is 0.0617. The third-order valence-electron chi connectivity index (χ3n) is 4.30. The van der Waals surface area contributed by atoms with E-state index >= 15 is 0 Å². The van der Waals surface area contributed by atoms with Crippen LogP contribution in [0.15, 0.2) is 12.1 Å². The molecule has 3 rings (SSSR count). The van der Waals surface area contributed by atoms with Gasteiger partial charge >= 0.3 is 0 Å². The maximum Gasteiger partial charge on any atom is 0.228 e. The quantitative estimate of drug-likeness (QED) is 0.761. The lowest BCUT2D eigenvalue weighted by Crippen LogP contribution is -2.41. The summed E-state index contributed by atoms with van der Waals surface area (Å²) in [5.74, 6) is 0.755. The molecule has 2 unspecified atom stereocenters. The smallest absolute Gasteiger partial charge is 0.228 e. The molecule has 2 atom stereocenters. The van der Waals surface area contributed by atoms with Gasteiger partial charge in [-0.2, -0.15) is 0 Å². The van der Waals surface area contributed by atoms with E-state index in [2.05, 4.69) is 24.1 Å². The Bertz CT molecular complexity index is 526. The van der Waals surface area contributed by atoms with Crippen molar-refractivity contribution in [2.75, 3.05) is 22.5 Å². The molecule has 1 amide bonds. The molecule has 2 heterocycles. The van der Waals surface area contributed by atoms with Crippen molar-refractivity contribution in [2.45, 2.75) is 39.2 Å². The first-order valence-electron chi connectivity index (χ1n) is 7.03. The van der Waals surface area contributed by atoms with Gasteiger partial charge < -0.3 is 16.0 Å². The lowest BCUT2D eigenvalue weighted by molar-refractivity contribution is -0.115. The van der Waals surface area contributed by atoms with Crippen LogP contribution < -0.4 is 16.0 Å². The number of hydrogen-bond donors (Lipinski definition) is 2. The molecule has 0 saturated carbocycles. The number of carbonyl (C=O) groups is 1. The van der Waals surface area contributed by atoms with Crippen LogP contribution >= 0.6 is 0 Å². The molecule has 4 heteroatoms. The Kier molecular flexibility index (Phi) is 2.88. The molecule has 2 aliphatic rings. The first-order valence-corrected chi connectivity index (χ1v) is 7.03. The van der Waals surface area contributed by atoms with Crippen molar-refractivity contribution in [3.63, 3.8) is 0 Å². The van der Waals surface area contributed by atoms with Crippen molar-refractivity contribution in [2.24, 2.45) is 5.92 Å². The van der Waals surface area contributed by atoms with Crippen molar-refractivity contribution in [3.8, 4) is 0 Å². The van der Waals surface area contributed by atoms with Crippen LogP contribution in [0, 0.1) is 5.92 Å². The molecule has 1 aromatic carbocycles. The highest BCUT2D eigenvalue weighted by Crippen LogP contribution is 2.37. The number of carbonyl (C=O) groups excluding carboxylic acids is 1. The zero-order valence-corrected chi connectivity index (χ0v) is 11.6. The average molecular weight is 259 g/mol. The van der Waals surface area contributed by atoms with Crippen LogP contribution in [0.1, 0.15) is 32.3 Å². The summed E-state index contributed by atoms with van der Waals surface area (Å²) in [6.07, 6.45) is 2.93. The Balaban J connectivity index is 1.96. The average Bonchev–Trinajstić information content (AvgIpc) is 2.70. The van der Waals surface area contributed by atoms with E-state index in [1.165, 1.54) is 12.8 Å². The highest BCUT2D eigenvalue weighted by atomic mass is 16.1. The Hall–Kier alpha value is -1.71. The Morgan fingerprint density at radius 2 is 2.11 bits per heavy atom. The SMILES string of the molecule is CC1CCC(C)N(c2cc3c(cc2N)CC(=O)N3)C1. The maximum absolute atomic E-state index is 11.4. The molecule has 0 bridgehead atoms. The van der Waals surface area contributed by atoms with Gasteiger partial charge in [0.2, 0.25) is 5.91 Å². The molecule has 3 N–H and O–H groups in total. The molecule has 0 spiro atoms. The molecule has 2 aliphatic heterocycles. The number of rotatable bonds is 1. The van der Waals surface area contributed by atoms with Gasteiger partial charge in [-0.15, -0.1) is 0 Å². The van der Waals surface area contributed by atoms with Crippen molar-refractivity contribution in [1.29, 1.82) is 0 Å². The number of nitrogen functional groups attached to an aromatic ring is 1. The number of fused-ring (bicyclic) bond motifs is 1. The second-order valence-corrected chi connectivity index (χ2v) is 5.98. The number of nitrogens with two attached hydrogens (primary N) is 1. The van der Waals surface area contributed by atoms with Gasteiger partial charge in [0, 0.05) is 18.3 Å². The largest absolute Gasteiger partial charge is 0.397 e. The van der Waals surface area contributed by atoms with Crippen LogP contribution in [0.25, 0.3) is 0 Å². The molecular formula is C15H21N3O. The van der Waals surface area contributed by atoms with Gasteiger partial charge in [-0.3, -0.25) is 4.79 Å². The van der Waals surface area contributed by atoms with E-state index in [0.717, 1.165) is 29.2 Å². The second kappa shape index (κ2) is 4.44. The predicted octanol–water partition coefficient (Wildman–Crippen LogP) is 2.39. The first-order chi connectivity index (χ1) is 9.04. The van der Waals surface area contributed by atoms with Crippen molar-refractivity contribution in [3.05, 3.63) is 17.7 Å². The number of nitrogens with one attached hydrogen (secondary N) is 1. The number of piperidine rings is 1. The predicted molar refractivity (Wildman–Crippen MR) is 78.4 cm³/mol. The third kappa shape index (κ3) is 2.15. The first kappa shape index (κ1) is 12.3. The normalized spacial score (nSPS) is 26.2. The van der Waals surface area contributed by atoms with Crippen LogP contribution in [0.2, 0.25) is 0 Å². The van der Waals surface area contributed by atoms with E-state index in [0.29, 0.717) is 18.4 Å². The van der Waals surface area contributed by atoms with Gasteiger partial charge in [0.15, 0.2) is 0 Å². The van der Waals surface area contributed by atoms with Gasteiger partial charge in [0.05, 0.1) is 17.8 Å². The fraction of sp³-hybridized carbons (Fsp3) is 0.533. The minimum absolute atomic E-state index is 0.0617. The highest BCUT2D eigenvalue weighted by Gasteiger charge is 2.27. The van der Waals surface area contributed by atoms with Gasteiger partial charge in [-0.25, -0.2) is 0 Å². The van der Waals surface area contributed by atoms with Crippen LogP contribution in [0.5, 0.6) is 0 Å². The Labute approximate surface area is 114 Å². The molecule has 19 heavy (non-hydrogen) atoms. The minimum Gasteiger partial charge on any atom is -0.397 e. The van der Waals surface area contributed by atoms with E-state index in [1.807, 2.05) is 12.1 Å². The number of anilines is 3. The van der Waals surface area contributed by atoms with Crippen LogP contribution in [-0.2, 0) is 11.2 Å². The van der Waals surface area contributed by atoms with Gasteiger partial charge in [-0.1, -0.05) is 6.92 Å². The third-order valence-corrected chi connectivity index (χ3v) is 4.30. The lowest BCUT2D eigenvalue weighted by Gasteiger charge is -2.39. The second-order valence-electron chi connectivity index (χ2n) is 5.98. The number of amides is 1. The Morgan fingerprint density at radius 3 is 2.89 bits per heavy atom. The summed E-state index contributed by atoms with van der Waals surface area (Å²) < 4.78 is 0. The maximum atomic E-state index is 11.4. The van der Waals surface area contributed by atoms with E-state index < -0.39 is 0 Å². The number of nitrogens with zero attached hydrogens (tertiary/aromatic N) is 1. The molecule has 0 aliphatic carbocycles. The van der Waals surface area contributed by atoms with Crippen molar-refractivity contribution < 1.29 is 4.79 Å². The van der Waals surface area contributed by atoms with Gasteiger partial charge in [0.1, 0.15) is 0 Å². The summed E-state index contributed by atoms with van der Waals surface area (Å²) in [6, 6.07) is 4.51. The van der Waals surface area contributed by atoms with E-state index in [-0.39, 0.29) is 5.91 Å². The molecule has 4 nitrogen and oxygen atoms in total.